The van der Waals surface area contributed by atoms with Gasteiger partial charge < -0.3 is 20.3 Å². The maximum Gasteiger partial charge on any atom is 0.255 e. The number of ether oxygens (including phenoxy) is 1. The summed E-state index contributed by atoms with van der Waals surface area (Å²) in [6, 6.07) is 13.0. The van der Waals surface area contributed by atoms with Gasteiger partial charge in [0.1, 0.15) is 5.75 Å². The number of hydrogen-bond donors (Lipinski definition) is 2. The minimum absolute atomic E-state index is 0.0154. The topological polar surface area (TPSA) is 70.7 Å². The number of hydrogen-bond acceptors (Lipinski definition) is 4. The minimum atomic E-state index is -0.117. The van der Waals surface area contributed by atoms with Crippen LogP contribution in [0, 0.1) is 5.92 Å². The maximum absolute atomic E-state index is 13.0. The zero-order chi connectivity index (χ0) is 22.5. The fourth-order valence-corrected chi connectivity index (χ4v) is 4.40. The molecule has 0 aromatic heterocycles. The van der Waals surface area contributed by atoms with Crippen molar-refractivity contribution < 1.29 is 14.3 Å². The lowest BCUT2D eigenvalue weighted by Crippen LogP contribution is -2.37. The first-order chi connectivity index (χ1) is 15.5. The zero-order valence-corrected chi connectivity index (χ0v) is 19.2. The first-order valence-corrected chi connectivity index (χ1v) is 11.7. The van der Waals surface area contributed by atoms with Gasteiger partial charge in [-0.25, -0.2) is 0 Å². The molecule has 4 rings (SSSR count). The van der Waals surface area contributed by atoms with Crippen LogP contribution in [0.3, 0.4) is 0 Å². The van der Waals surface area contributed by atoms with E-state index in [1.165, 1.54) is 0 Å². The Morgan fingerprint density at radius 3 is 2.47 bits per heavy atom. The number of rotatable bonds is 8. The summed E-state index contributed by atoms with van der Waals surface area (Å²) in [7, 11) is 1.64. The van der Waals surface area contributed by atoms with Gasteiger partial charge in [-0.3, -0.25) is 9.59 Å². The van der Waals surface area contributed by atoms with Crippen molar-refractivity contribution in [2.45, 2.75) is 38.1 Å². The van der Waals surface area contributed by atoms with E-state index >= 15 is 0 Å². The van der Waals surface area contributed by atoms with Crippen molar-refractivity contribution in [3.63, 3.8) is 0 Å². The van der Waals surface area contributed by atoms with Gasteiger partial charge in [-0.05, 0) is 73.9 Å². The number of carbonyl (C=O) groups is 2. The molecule has 1 aliphatic heterocycles. The van der Waals surface area contributed by atoms with Crippen molar-refractivity contribution in [2.75, 3.05) is 32.1 Å². The van der Waals surface area contributed by atoms with Crippen LogP contribution in [0.4, 0.5) is 5.69 Å². The Balaban J connectivity index is 1.41. The molecule has 2 fully saturated rings. The molecule has 7 heteroatoms. The summed E-state index contributed by atoms with van der Waals surface area (Å²) in [6.07, 6.45) is 5.42. The molecule has 1 aliphatic carbocycles. The van der Waals surface area contributed by atoms with E-state index in [1.54, 1.807) is 25.3 Å². The van der Waals surface area contributed by atoms with Crippen LogP contribution in [-0.2, 0) is 4.79 Å². The lowest BCUT2D eigenvalue weighted by Gasteiger charge is -2.27. The molecule has 2 aromatic rings. The van der Waals surface area contributed by atoms with Crippen LogP contribution >= 0.6 is 11.6 Å². The lowest BCUT2D eigenvalue weighted by atomic mass is 10.0. The van der Waals surface area contributed by atoms with E-state index in [0.717, 1.165) is 56.5 Å². The Labute approximate surface area is 194 Å². The Morgan fingerprint density at radius 1 is 1.09 bits per heavy atom. The molecule has 1 heterocycles. The fourth-order valence-electron chi connectivity index (χ4n) is 4.23. The van der Waals surface area contributed by atoms with Crippen molar-refractivity contribution in [3.05, 3.63) is 58.6 Å². The number of carbonyl (C=O) groups excluding carboxylic acids is 2. The molecule has 6 nitrogen and oxygen atoms in total. The van der Waals surface area contributed by atoms with Crippen LogP contribution in [0.1, 0.15) is 54.1 Å². The molecule has 1 unspecified atom stereocenters. The van der Waals surface area contributed by atoms with E-state index in [1.807, 2.05) is 29.2 Å². The second-order valence-electron chi connectivity index (χ2n) is 8.55. The van der Waals surface area contributed by atoms with Crippen molar-refractivity contribution >= 4 is 29.1 Å². The summed E-state index contributed by atoms with van der Waals surface area (Å²) < 4.78 is 5.24. The number of piperidine rings is 1. The van der Waals surface area contributed by atoms with Crippen LogP contribution in [-0.4, -0.2) is 43.5 Å². The number of amides is 2. The molecule has 0 spiro atoms. The highest BCUT2D eigenvalue weighted by Gasteiger charge is 2.33. The van der Waals surface area contributed by atoms with E-state index in [-0.39, 0.29) is 24.4 Å². The number of anilines is 1. The Kier molecular flexibility index (Phi) is 7.20. The van der Waals surface area contributed by atoms with Gasteiger partial charge >= 0.3 is 0 Å². The Morgan fingerprint density at radius 2 is 1.81 bits per heavy atom. The molecule has 2 amide bonds. The third kappa shape index (κ3) is 5.54. The molecule has 32 heavy (non-hydrogen) atoms. The van der Waals surface area contributed by atoms with E-state index in [0.29, 0.717) is 22.2 Å². The van der Waals surface area contributed by atoms with Gasteiger partial charge in [0.05, 0.1) is 25.3 Å². The molecule has 1 saturated heterocycles. The van der Waals surface area contributed by atoms with Crippen LogP contribution in [0.2, 0.25) is 5.02 Å². The number of methoxy groups -OCH3 is 1. The monoisotopic (exact) mass is 455 g/mol. The predicted molar refractivity (Wildman–Crippen MR) is 126 cm³/mol. The SMILES string of the molecule is COc1ccc(C(NC(=O)CNc2cc(Cl)ccc2C(=O)N2CCCCC2)C2CC2)cc1. The van der Waals surface area contributed by atoms with Gasteiger partial charge in [0, 0.05) is 23.8 Å². The smallest absolute Gasteiger partial charge is 0.255 e. The predicted octanol–water partition coefficient (Wildman–Crippen LogP) is 4.65. The molecule has 2 N–H and O–H groups in total. The summed E-state index contributed by atoms with van der Waals surface area (Å²) in [5, 5.41) is 6.83. The van der Waals surface area contributed by atoms with Gasteiger partial charge in [0.2, 0.25) is 5.91 Å². The van der Waals surface area contributed by atoms with Crippen LogP contribution in [0.5, 0.6) is 5.75 Å². The third-order valence-electron chi connectivity index (χ3n) is 6.18. The standard InChI is InChI=1S/C25H30ClN3O3/c1-32-20-10-7-18(8-11-20)24(17-5-6-17)28-23(30)16-27-22-15-19(26)9-12-21(22)25(31)29-13-3-2-4-14-29/h7-12,15,17,24,27H,2-6,13-14,16H2,1H3,(H,28,30). The van der Waals surface area contributed by atoms with Crippen molar-refractivity contribution in [1.82, 2.24) is 10.2 Å². The molecular formula is C25H30ClN3O3. The molecule has 1 saturated carbocycles. The summed E-state index contributed by atoms with van der Waals surface area (Å²) in [6.45, 7) is 1.61. The fraction of sp³-hybridized carbons (Fsp3) is 0.440. The minimum Gasteiger partial charge on any atom is -0.497 e. The first kappa shape index (κ1) is 22.5. The summed E-state index contributed by atoms with van der Waals surface area (Å²) >= 11 is 6.19. The maximum atomic E-state index is 13.0. The van der Waals surface area contributed by atoms with Gasteiger partial charge in [-0.2, -0.15) is 0 Å². The number of halogens is 1. The van der Waals surface area contributed by atoms with Gasteiger partial charge in [0.25, 0.3) is 5.91 Å². The summed E-state index contributed by atoms with van der Waals surface area (Å²) in [5.41, 5.74) is 2.22. The first-order valence-electron chi connectivity index (χ1n) is 11.3. The van der Waals surface area contributed by atoms with Crippen LogP contribution < -0.4 is 15.4 Å². The second-order valence-corrected chi connectivity index (χ2v) is 8.99. The average Bonchev–Trinajstić information content (AvgIpc) is 3.67. The molecule has 170 valence electrons. The van der Waals surface area contributed by atoms with Gasteiger partial charge in [0.15, 0.2) is 0 Å². The number of nitrogens with one attached hydrogen (secondary N) is 2. The molecule has 1 atom stereocenters. The Hall–Kier alpha value is -2.73. The van der Waals surface area contributed by atoms with E-state index in [4.69, 9.17) is 16.3 Å². The second kappa shape index (κ2) is 10.3. The molecular weight excluding hydrogens is 426 g/mol. The van der Waals surface area contributed by atoms with Crippen LogP contribution in [0.15, 0.2) is 42.5 Å². The van der Waals surface area contributed by atoms with Crippen LogP contribution in [0.25, 0.3) is 0 Å². The van der Waals surface area contributed by atoms with Crippen molar-refractivity contribution in [2.24, 2.45) is 5.92 Å². The highest BCUT2D eigenvalue weighted by molar-refractivity contribution is 6.31. The van der Waals surface area contributed by atoms with E-state index in [2.05, 4.69) is 10.6 Å². The summed E-state index contributed by atoms with van der Waals surface area (Å²) in [4.78, 5) is 27.7. The highest BCUT2D eigenvalue weighted by atomic mass is 35.5. The summed E-state index contributed by atoms with van der Waals surface area (Å²) in [5.74, 6) is 1.12. The van der Waals surface area contributed by atoms with Crippen molar-refractivity contribution in [1.29, 1.82) is 0 Å². The van der Waals surface area contributed by atoms with Gasteiger partial charge in [-0.15, -0.1) is 0 Å². The van der Waals surface area contributed by atoms with Crippen molar-refractivity contribution in [3.8, 4) is 5.75 Å². The zero-order valence-electron chi connectivity index (χ0n) is 18.4. The van der Waals surface area contributed by atoms with E-state index < -0.39 is 0 Å². The number of likely N-dealkylation sites (tertiary alicyclic amines) is 1. The third-order valence-corrected chi connectivity index (χ3v) is 6.41. The lowest BCUT2D eigenvalue weighted by molar-refractivity contribution is -0.120. The Bertz CT molecular complexity index is 953. The molecule has 0 radical (unpaired) electrons. The average molecular weight is 456 g/mol. The highest BCUT2D eigenvalue weighted by Crippen LogP contribution is 2.41. The molecule has 0 bridgehead atoms. The number of nitrogens with zero attached hydrogens (tertiary/aromatic N) is 1. The van der Waals surface area contributed by atoms with Gasteiger partial charge in [-0.1, -0.05) is 23.7 Å². The quantitative estimate of drug-likeness (QED) is 0.607. The van der Waals surface area contributed by atoms with E-state index in [9.17, 15) is 9.59 Å². The number of benzene rings is 2. The normalized spacial score (nSPS) is 16.9. The molecule has 2 aliphatic rings. The largest absolute Gasteiger partial charge is 0.497 e. The molecule has 2 aromatic carbocycles.